The molecule has 2 nitrogen and oxygen atoms in total. The van der Waals surface area contributed by atoms with E-state index in [2.05, 4.69) is 24.9 Å². The van der Waals surface area contributed by atoms with E-state index < -0.39 is 0 Å². The van der Waals surface area contributed by atoms with Crippen molar-refractivity contribution in [3.05, 3.63) is 34.9 Å². The van der Waals surface area contributed by atoms with Gasteiger partial charge in [-0.3, -0.25) is 4.90 Å². The van der Waals surface area contributed by atoms with Gasteiger partial charge in [0.1, 0.15) is 0 Å². The third-order valence-electron chi connectivity index (χ3n) is 3.25. The van der Waals surface area contributed by atoms with Gasteiger partial charge in [-0.1, -0.05) is 23.7 Å². The quantitative estimate of drug-likeness (QED) is 0.874. The summed E-state index contributed by atoms with van der Waals surface area (Å²) in [5, 5.41) is 0.785. The van der Waals surface area contributed by atoms with Crippen molar-refractivity contribution in [1.29, 1.82) is 0 Å². The van der Waals surface area contributed by atoms with Crippen LogP contribution in [0.3, 0.4) is 0 Å². The number of hydrogen-bond acceptors (Lipinski definition) is 2. The van der Waals surface area contributed by atoms with Crippen LogP contribution in [-0.2, 0) is 0 Å². The second kappa shape index (κ2) is 4.74. The van der Waals surface area contributed by atoms with Gasteiger partial charge in [0.05, 0.1) is 0 Å². The van der Waals surface area contributed by atoms with Gasteiger partial charge >= 0.3 is 0 Å². The lowest BCUT2D eigenvalue weighted by atomic mass is 9.99. The summed E-state index contributed by atoms with van der Waals surface area (Å²) in [5.41, 5.74) is 7.32. The minimum atomic E-state index is 0.115. The molecule has 2 rings (SSSR count). The molecule has 1 saturated carbocycles. The molecule has 0 bridgehead atoms. The van der Waals surface area contributed by atoms with Crippen molar-refractivity contribution in [2.24, 2.45) is 5.73 Å². The smallest absolute Gasteiger partial charge is 0.0496 e. The summed E-state index contributed by atoms with van der Waals surface area (Å²) in [6, 6.07) is 9.12. The van der Waals surface area contributed by atoms with Crippen LogP contribution in [-0.4, -0.2) is 24.0 Å². The van der Waals surface area contributed by atoms with Gasteiger partial charge in [-0.25, -0.2) is 0 Å². The molecular weight excluding hydrogens is 220 g/mol. The highest BCUT2D eigenvalue weighted by atomic mass is 35.5. The Morgan fingerprint density at radius 1 is 1.44 bits per heavy atom. The lowest BCUT2D eigenvalue weighted by Gasteiger charge is -2.31. The molecule has 1 aliphatic carbocycles. The van der Waals surface area contributed by atoms with E-state index >= 15 is 0 Å². The Hall–Kier alpha value is -0.570. The zero-order valence-corrected chi connectivity index (χ0v) is 10.6. The molecule has 0 spiro atoms. The number of nitrogens with two attached hydrogens (primary N) is 1. The number of hydrogen-bond donors (Lipinski definition) is 1. The highest BCUT2D eigenvalue weighted by Gasteiger charge is 2.33. The predicted octanol–water partition coefficient (Wildman–Crippen LogP) is 2.82. The predicted molar refractivity (Wildman–Crippen MR) is 68.6 cm³/mol. The minimum absolute atomic E-state index is 0.115. The van der Waals surface area contributed by atoms with Crippen molar-refractivity contribution in [3.8, 4) is 0 Å². The van der Waals surface area contributed by atoms with Crippen molar-refractivity contribution in [2.75, 3.05) is 7.05 Å². The first-order valence-electron chi connectivity index (χ1n) is 5.82. The first-order valence-corrected chi connectivity index (χ1v) is 6.20. The van der Waals surface area contributed by atoms with E-state index in [9.17, 15) is 0 Å². The topological polar surface area (TPSA) is 29.3 Å². The normalized spacial score (nSPS) is 19.8. The van der Waals surface area contributed by atoms with Crippen molar-refractivity contribution < 1.29 is 0 Å². The summed E-state index contributed by atoms with van der Waals surface area (Å²) in [7, 11) is 2.16. The SMILES string of the molecule is CC(N)C(c1cccc(Cl)c1)N(C)C1CC1. The Balaban J connectivity index is 2.24. The molecule has 0 aromatic heterocycles. The largest absolute Gasteiger partial charge is 0.326 e. The molecule has 0 amide bonds. The zero-order valence-electron chi connectivity index (χ0n) is 9.86. The van der Waals surface area contributed by atoms with Crippen LogP contribution in [0.4, 0.5) is 0 Å². The summed E-state index contributed by atoms with van der Waals surface area (Å²) in [6.07, 6.45) is 2.58. The number of nitrogens with zero attached hydrogens (tertiary/aromatic N) is 1. The lowest BCUT2D eigenvalue weighted by Crippen LogP contribution is -2.38. The summed E-state index contributed by atoms with van der Waals surface area (Å²) < 4.78 is 0. The van der Waals surface area contributed by atoms with Crippen LogP contribution in [0.5, 0.6) is 0 Å². The van der Waals surface area contributed by atoms with Gasteiger partial charge in [0.2, 0.25) is 0 Å². The van der Waals surface area contributed by atoms with Crippen LogP contribution >= 0.6 is 11.6 Å². The molecule has 1 fully saturated rings. The van der Waals surface area contributed by atoms with E-state index in [1.165, 1.54) is 18.4 Å². The molecule has 0 heterocycles. The number of likely N-dealkylation sites (N-methyl/N-ethyl adjacent to an activating group) is 1. The molecule has 0 saturated heterocycles. The molecule has 3 heteroatoms. The fourth-order valence-electron chi connectivity index (χ4n) is 2.31. The molecule has 2 atom stereocenters. The van der Waals surface area contributed by atoms with E-state index in [0.717, 1.165) is 5.02 Å². The first kappa shape index (κ1) is 11.9. The average Bonchev–Trinajstić information content (AvgIpc) is 3.00. The van der Waals surface area contributed by atoms with Crippen LogP contribution in [0.1, 0.15) is 31.4 Å². The lowest BCUT2D eigenvalue weighted by molar-refractivity contribution is 0.209. The molecular formula is C13H19ClN2. The number of halogens is 1. The third kappa shape index (κ3) is 2.57. The minimum Gasteiger partial charge on any atom is -0.326 e. The Morgan fingerprint density at radius 2 is 2.12 bits per heavy atom. The average molecular weight is 239 g/mol. The summed E-state index contributed by atoms with van der Waals surface area (Å²) in [6.45, 7) is 2.06. The highest BCUT2D eigenvalue weighted by Crippen LogP contribution is 2.34. The Morgan fingerprint density at radius 3 is 2.62 bits per heavy atom. The summed E-state index contributed by atoms with van der Waals surface area (Å²) >= 11 is 6.03. The molecule has 1 aromatic rings. The van der Waals surface area contributed by atoms with Crippen LogP contribution in [0, 0.1) is 0 Å². The van der Waals surface area contributed by atoms with Gasteiger partial charge in [0, 0.05) is 23.1 Å². The van der Waals surface area contributed by atoms with Crippen LogP contribution in [0.15, 0.2) is 24.3 Å². The first-order chi connectivity index (χ1) is 7.59. The van der Waals surface area contributed by atoms with Crippen LogP contribution in [0.2, 0.25) is 5.02 Å². The Bertz CT molecular complexity index is 361. The Labute approximate surface area is 102 Å². The molecule has 0 radical (unpaired) electrons. The van der Waals surface area contributed by atoms with Crippen molar-refractivity contribution in [1.82, 2.24) is 4.90 Å². The molecule has 1 aromatic carbocycles. The van der Waals surface area contributed by atoms with Gasteiger partial charge in [0.25, 0.3) is 0 Å². The standard InChI is InChI=1S/C13H19ClN2/c1-9(15)13(16(2)12-6-7-12)10-4-3-5-11(14)8-10/h3-5,8-9,12-13H,6-7,15H2,1-2H3. The molecule has 1 aliphatic rings. The maximum absolute atomic E-state index is 6.10. The maximum Gasteiger partial charge on any atom is 0.0496 e. The summed E-state index contributed by atoms with van der Waals surface area (Å²) in [5.74, 6) is 0. The number of rotatable bonds is 4. The van der Waals surface area contributed by atoms with E-state index in [1.54, 1.807) is 0 Å². The fraction of sp³-hybridized carbons (Fsp3) is 0.538. The van der Waals surface area contributed by atoms with Gasteiger partial charge in [-0.2, -0.15) is 0 Å². The van der Waals surface area contributed by atoms with Gasteiger partial charge in [-0.15, -0.1) is 0 Å². The van der Waals surface area contributed by atoms with Gasteiger partial charge < -0.3 is 5.73 Å². The highest BCUT2D eigenvalue weighted by molar-refractivity contribution is 6.30. The molecule has 16 heavy (non-hydrogen) atoms. The zero-order chi connectivity index (χ0) is 11.7. The van der Waals surface area contributed by atoms with E-state index in [4.69, 9.17) is 17.3 Å². The van der Waals surface area contributed by atoms with Crippen molar-refractivity contribution in [3.63, 3.8) is 0 Å². The van der Waals surface area contributed by atoms with Crippen LogP contribution in [0.25, 0.3) is 0 Å². The number of benzene rings is 1. The van der Waals surface area contributed by atoms with Gasteiger partial charge in [0.15, 0.2) is 0 Å². The van der Waals surface area contributed by atoms with Crippen molar-refractivity contribution in [2.45, 2.75) is 37.9 Å². The van der Waals surface area contributed by atoms with Crippen LogP contribution < -0.4 is 5.73 Å². The van der Waals surface area contributed by atoms with E-state index in [1.807, 2.05) is 18.2 Å². The van der Waals surface area contributed by atoms with E-state index in [0.29, 0.717) is 6.04 Å². The molecule has 0 aliphatic heterocycles. The molecule has 2 unspecified atom stereocenters. The maximum atomic E-state index is 6.10. The fourth-order valence-corrected chi connectivity index (χ4v) is 2.51. The second-order valence-corrected chi connectivity index (χ2v) is 5.19. The van der Waals surface area contributed by atoms with Gasteiger partial charge in [-0.05, 0) is 44.5 Å². The summed E-state index contributed by atoms with van der Waals surface area (Å²) in [4.78, 5) is 2.39. The van der Waals surface area contributed by atoms with Crippen molar-refractivity contribution >= 4 is 11.6 Å². The third-order valence-corrected chi connectivity index (χ3v) is 3.48. The van der Waals surface area contributed by atoms with E-state index in [-0.39, 0.29) is 12.1 Å². The second-order valence-electron chi connectivity index (χ2n) is 4.76. The monoisotopic (exact) mass is 238 g/mol. The Kier molecular flexibility index (Phi) is 3.53. The molecule has 2 N–H and O–H groups in total. The molecule has 88 valence electrons.